The summed E-state index contributed by atoms with van der Waals surface area (Å²) in [6, 6.07) is 8.86. The molecule has 0 radical (unpaired) electrons. The van der Waals surface area contributed by atoms with E-state index in [0.29, 0.717) is 5.75 Å². The molecule has 192 valence electrons. The predicted molar refractivity (Wildman–Crippen MR) is 140 cm³/mol. The van der Waals surface area contributed by atoms with Gasteiger partial charge in [0, 0.05) is 30.4 Å². The van der Waals surface area contributed by atoms with Gasteiger partial charge in [0.05, 0.1) is 18.7 Å². The van der Waals surface area contributed by atoms with Gasteiger partial charge in [-0.1, -0.05) is 37.3 Å². The minimum Gasteiger partial charge on any atom is -0.805 e. The summed E-state index contributed by atoms with van der Waals surface area (Å²) >= 11 is 1.46. The minimum atomic E-state index is -1.09. The molecule has 4 N–H and O–H groups in total. The number of ketones is 1. The molecule has 11 nitrogen and oxygen atoms in total. The third-order valence-corrected chi connectivity index (χ3v) is 6.15. The number of Topliss-reactive ketones (excluding diaryl/α,β-unsaturated/α-hetero) is 1. The molecular weight excluding hydrogens is 484 g/mol. The van der Waals surface area contributed by atoms with Crippen LogP contribution in [0.3, 0.4) is 0 Å². The smallest absolute Gasteiger partial charge is 0.303 e. The van der Waals surface area contributed by atoms with Crippen molar-refractivity contribution in [2.24, 2.45) is 0 Å². The number of aliphatic carboxylic acids is 1. The Morgan fingerprint density at radius 1 is 1.19 bits per heavy atom. The average molecular weight is 514 g/mol. The van der Waals surface area contributed by atoms with Crippen molar-refractivity contribution in [2.45, 2.75) is 38.0 Å². The van der Waals surface area contributed by atoms with E-state index < -0.39 is 29.2 Å². The van der Waals surface area contributed by atoms with Crippen LogP contribution in [0.5, 0.6) is 0 Å². The van der Waals surface area contributed by atoms with E-state index in [1.807, 2.05) is 30.3 Å². The molecule has 36 heavy (non-hydrogen) atoms. The summed E-state index contributed by atoms with van der Waals surface area (Å²) in [6.07, 6.45) is 2.50. The van der Waals surface area contributed by atoms with Gasteiger partial charge in [0.1, 0.15) is 6.04 Å². The van der Waals surface area contributed by atoms with Crippen LogP contribution in [-0.4, -0.2) is 62.6 Å². The van der Waals surface area contributed by atoms with Crippen LogP contribution in [0, 0.1) is 5.41 Å². The van der Waals surface area contributed by atoms with E-state index in [2.05, 4.69) is 15.6 Å². The molecule has 1 aromatic heterocycles. The molecule has 2 rings (SSSR count). The zero-order valence-electron chi connectivity index (χ0n) is 19.9. The van der Waals surface area contributed by atoms with Gasteiger partial charge in [-0.05, 0) is 18.4 Å². The maximum absolute atomic E-state index is 12.9. The van der Waals surface area contributed by atoms with Gasteiger partial charge in [-0.3, -0.25) is 23.7 Å². The van der Waals surface area contributed by atoms with Crippen LogP contribution in [0.4, 0.5) is 5.82 Å². The zero-order valence-corrected chi connectivity index (χ0v) is 20.7. The van der Waals surface area contributed by atoms with Crippen LogP contribution < -0.4 is 16.2 Å². The van der Waals surface area contributed by atoms with Crippen molar-refractivity contribution in [3.8, 4) is 0 Å². The number of amides is 1. The Hall–Kier alpha value is -3.80. The molecule has 0 aliphatic carbocycles. The van der Waals surface area contributed by atoms with Crippen LogP contribution in [0.2, 0.25) is 0 Å². The standard InChI is InChI=1S/C24H29N6O5S/c1-2-20(23(34)29-12-17(31)15-36-14-16-6-4-3-5-7-16)30-11-10-27-22(24(30)35)28-13-19(26)18(25)8-9-21(32)33/h3-7,10-11,20,25H,2,8-9,12-15H2,1H3,(H,27,28)(H,29,34)(H,32,33)/q-1. The highest BCUT2D eigenvalue weighted by Gasteiger charge is 2.21. The Balaban J connectivity index is 1.90. The largest absolute Gasteiger partial charge is 0.805 e. The van der Waals surface area contributed by atoms with Crippen LogP contribution in [-0.2, 0) is 20.1 Å². The minimum absolute atomic E-state index is 0.139. The van der Waals surface area contributed by atoms with Crippen molar-refractivity contribution in [2.75, 3.05) is 24.2 Å². The topological polar surface area (TPSA) is 177 Å². The number of nitrogens with zero attached hydrogens (tertiary/aromatic N) is 3. The number of benzene rings is 1. The fourth-order valence-electron chi connectivity index (χ4n) is 3.16. The Kier molecular flexibility index (Phi) is 11.5. The lowest BCUT2D eigenvalue weighted by atomic mass is 10.1. The number of nitrogens with one attached hydrogen (secondary N) is 3. The van der Waals surface area contributed by atoms with Crippen LogP contribution >= 0.6 is 11.8 Å². The monoisotopic (exact) mass is 513 g/mol. The number of hydrogen-bond donors (Lipinski definition) is 4. The van der Waals surface area contributed by atoms with E-state index in [1.165, 1.54) is 28.7 Å². The number of aromatic nitrogens is 2. The second-order valence-electron chi connectivity index (χ2n) is 7.82. The van der Waals surface area contributed by atoms with Crippen molar-refractivity contribution in [3.05, 3.63) is 64.1 Å². The SMILES string of the molecule is CCC(C(=O)NCC(=O)CSCc1ccccc1)n1ccnc(NCC(=[N-])C(=N)CCC(=O)O)c1=O. The normalized spacial score (nSPS) is 11.4. The van der Waals surface area contributed by atoms with Crippen LogP contribution in [0.25, 0.3) is 5.41 Å². The van der Waals surface area contributed by atoms with Gasteiger partial charge in [0.15, 0.2) is 11.6 Å². The van der Waals surface area contributed by atoms with E-state index in [9.17, 15) is 24.6 Å². The summed E-state index contributed by atoms with van der Waals surface area (Å²) < 4.78 is 1.19. The van der Waals surface area contributed by atoms with E-state index in [-0.39, 0.29) is 55.4 Å². The molecule has 0 aliphatic heterocycles. The zero-order chi connectivity index (χ0) is 26.5. The fourth-order valence-corrected chi connectivity index (χ4v) is 4.02. The fraction of sp³-hybridized carbons (Fsp3) is 0.375. The summed E-state index contributed by atoms with van der Waals surface area (Å²) in [5, 5.41) is 31.5. The second-order valence-corrected chi connectivity index (χ2v) is 8.81. The Labute approximate surface area is 212 Å². The molecule has 0 bridgehead atoms. The first-order valence-electron chi connectivity index (χ1n) is 11.3. The van der Waals surface area contributed by atoms with Gasteiger partial charge in [-0.15, -0.1) is 17.5 Å². The number of carbonyl (C=O) groups excluding carboxylic acids is 2. The van der Waals surface area contributed by atoms with E-state index in [4.69, 9.17) is 10.5 Å². The number of anilines is 1. The highest BCUT2D eigenvalue weighted by Crippen LogP contribution is 2.12. The number of carboxylic acids is 1. The lowest BCUT2D eigenvalue weighted by molar-refractivity contribution is -0.136. The summed E-state index contributed by atoms with van der Waals surface area (Å²) in [5.74, 6) is -0.925. The van der Waals surface area contributed by atoms with Crippen LogP contribution in [0.1, 0.15) is 37.8 Å². The molecular formula is C24H29N6O5S-. The molecule has 0 aliphatic rings. The first kappa shape index (κ1) is 28.4. The molecule has 1 aromatic carbocycles. The summed E-state index contributed by atoms with van der Waals surface area (Å²) in [4.78, 5) is 52.3. The van der Waals surface area contributed by atoms with Crippen molar-refractivity contribution in [1.82, 2.24) is 14.9 Å². The molecule has 0 fully saturated rings. The molecule has 2 aromatic rings. The summed E-state index contributed by atoms with van der Waals surface area (Å²) in [7, 11) is 0. The van der Waals surface area contributed by atoms with Gasteiger partial charge < -0.3 is 26.6 Å². The number of carboxylic acid groups (broad SMARTS) is 1. The molecule has 0 saturated carbocycles. The van der Waals surface area contributed by atoms with Gasteiger partial charge in [0.2, 0.25) is 5.91 Å². The van der Waals surface area contributed by atoms with E-state index in [1.54, 1.807) is 6.92 Å². The highest BCUT2D eigenvalue weighted by atomic mass is 32.2. The summed E-state index contributed by atoms with van der Waals surface area (Å²) in [5.41, 5.74) is -0.191. The van der Waals surface area contributed by atoms with E-state index in [0.717, 1.165) is 5.56 Å². The highest BCUT2D eigenvalue weighted by molar-refractivity contribution is 7.99. The lowest BCUT2D eigenvalue weighted by Crippen LogP contribution is -2.40. The molecule has 1 atom stereocenters. The van der Waals surface area contributed by atoms with Gasteiger partial charge in [0.25, 0.3) is 5.56 Å². The number of hydrogen-bond acceptors (Lipinski definition) is 8. The number of rotatable bonds is 16. The van der Waals surface area contributed by atoms with Crippen LogP contribution in [0.15, 0.2) is 47.5 Å². The van der Waals surface area contributed by atoms with Crippen molar-refractivity contribution >= 4 is 46.7 Å². The lowest BCUT2D eigenvalue weighted by Gasteiger charge is -2.19. The molecule has 1 heterocycles. The van der Waals surface area contributed by atoms with E-state index >= 15 is 0 Å². The molecule has 1 unspecified atom stereocenters. The van der Waals surface area contributed by atoms with Crippen molar-refractivity contribution in [1.29, 1.82) is 5.41 Å². The first-order valence-corrected chi connectivity index (χ1v) is 12.4. The predicted octanol–water partition coefficient (Wildman–Crippen LogP) is 2.12. The molecule has 0 saturated heterocycles. The third-order valence-electron chi connectivity index (χ3n) is 5.09. The maximum atomic E-state index is 12.9. The van der Waals surface area contributed by atoms with Gasteiger partial charge in [-0.25, -0.2) is 4.98 Å². The van der Waals surface area contributed by atoms with Crippen molar-refractivity contribution < 1.29 is 19.5 Å². The number of carbonyl (C=O) groups is 3. The molecule has 12 heteroatoms. The van der Waals surface area contributed by atoms with Gasteiger partial charge >= 0.3 is 5.97 Å². The van der Waals surface area contributed by atoms with Gasteiger partial charge in [-0.2, -0.15) is 0 Å². The average Bonchev–Trinajstić information content (AvgIpc) is 2.87. The Morgan fingerprint density at radius 2 is 1.92 bits per heavy atom. The Morgan fingerprint density at radius 3 is 2.58 bits per heavy atom. The summed E-state index contributed by atoms with van der Waals surface area (Å²) in [6.45, 7) is 1.28. The number of thioether (sulfide) groups is 1. The van der Waals surface area contributed by atoms with Crippen molar-refractivity contribution in [3.63, 3.8) is 0 Å². The maximum Gasteiger partial charge on any atom is 0.303 e. The quantitative estimate of drug-likeness (QED) is 0.247. The second kappa shape index (κ2) is 14.6. The first-order chi connectivity index (χ1) is 17.2. The molecule has 1 amide bonds. The third kappa shape index (κ3) is 9.10. The molecule has 0 spiro atoms. The Bertz CT molecular complexity index is 1150.